The van der Waals surface area contributed by atoms with Crippen molar-refractivity contribution in [2.24, 2.45) is 28.6 Å². The zero-order chi connectivity index (χ0) is 19.1. The molecule has 3 fully saturated rings. The lowest BCUT2D eigenvalue weighted by atomic mass is 9.45. The standard InChI is InChI=1S/C21H28O5/c1-11(22)15-9-17(25)21(26)14-5-4-12-8-13(23)6-7-19(12,2)18(14)16(24)10-20(15,21)3/h4,13-15,18,23,26H,5-10H2,1-3H3/t13-,14+,15+,18-,19-,20+,21+/m0/s1. The second kappa shape index (κ2) is 5.35. The van der Waals surface area contributed by atoms with Gasteiger partial charge in [-0.3, -0.25) is 14.4 Å². The summed E-state index contributed by atoms with van der Waals surface area (Å²) in [5, 5.41) is 21.7. The Morgan fingerprint density at radius 2 is 1.92 bits per heavy atom. The highest BCUT2D eigenvalue weighted by atomic mass is 16.3. The second-order valence-corrected chi connectivity index (χ2v) is 9.48. The Balaban J connectivity index is 1.84. The summed E-state index contributed by atoms with van der Waals surface area (Å²) in [6, 6.07) is 0. The molecule has 7 atom stereocenters. The average molecular weight is 360 g/mol. The Hall–Kier alpha value is -1.33. The number of hydrogen-bond donors (Lipinski definition) is 2. The number of allylic oxidation sites excluding steroid dienone is 1. The van der Waals surface area contributed by atoms with E-state index in [4.69, 9.17) is 0 Å². The summed E-state index contributed by atoms with van der Waals surface area (Å²) in [6.07, 6.45) is 4.09. The van der Waals surface area contributed by atoms with Crippen LogP contribution in [0.5, 0.6) is 0 Å². The Morgan fingerprint density at radius 3 is 2.58 bits per heavy atom. The fraction of sp³-hybridized carbons (Fsp3) is 0.762. The van der Waals surface area contributed by atoms with Crippen molar-refractivity contribution < 1.29 is 24.6 Å². The van der Waals surface area contributed by atoms with Crippen molar-refractivity contribution in [2.75, 3.05) is 0 Å². The number of fused-ring (bicyclic) bond motifs is 5. The van der Waals surface area contributed by atoms with Crippen molar-refractivity contribution in [3.8, 4) is 0 Å². The quantitative estimate of drug-likeness (QED) is 0.698. The van der Waals surface area contributed by atoms with Crippen LogP contribution in [0.15, 0.2) is 11.6 Å². The van der Waals surface area contributed by atoms with Gasteiger partial charge in [0.15, 0.2) is 5.78 Å². The molecule has 5 heteroatoms. The summed E-state index contributed by atoms with van der Waals surface area (Å²) >= 11 is 0. The first-order chi connectivity index (χ1) is 12.1. The van der Waals surface area contributed by atoms with Crippen LogP contribution in [0.25, 0.3) is 0 Å². The van der Waals surface area contributed by atoms with E-state index in [9.17, 15) is 24.6 Å². The Kier molecular flexibility index (Phi) is 3.72. The minimum Gasteiger partial charge on any atom is -0.393 e. The number of rotatable bonds is 1. The smallest absolute Gasteiger partial charge is 0.166 e. The van der Waals surface area contributed by atoms with E-state index < -0.39 is 34.2 Å². The Labute approximate surface area is 153 Å². The number of carbonyl (C=O) groups excluding carboxylic acids is 3. The van der Waals surface area contributed by atoms with Crippen LogP contribution in [0.4, 0.5) is 0 Å². The van der Waals surface area contributed by atoms with E-state index in [-0.39, 0.29) is 36.3 Å². The maximum atomic E-state index is 13.3. The van der Waals surface area contributed by atoms with E-state index in [1.165, 1.54) is 6.92 Å². The highest BCUT2D eigenvalue weighted by molar-refractivity contribution is 6.01. The molecule has 5 nitrogen and oxygen atoms in total. The molecule has 0 unspecified atom stereocenters. The molecule has 26 heavy (non-hydrogen) atoms. The van der Waals surface area contributed by atoms with E-state index in [2.05, 4.69) is 0 Å². The van der Waals surface area contributed by atoms with Gasteiger partial charge in [-0.15, -0.1) is 0 Å². The molecule has 0 radical (unpaired) electrons. The lowest BCUT2D eigenvalue weighted by molar-refractivity contribution is -0.188. The van der Waals surface area contributed by atoms with Crippen molar-refractivity contribution in [1.82, 2.24) is 0 Å². The maximum Gasteiger partial charge on any atom is 0.166 e. The molecule has 0 aromatic rings. The van der Waals surface area contributed by atoms with Crippen LogP contribution in [0.1, 0.15) is 59.3 Å². The van der Waals surface area contributed by atoms with Gasteiger partial charge in [-0.05, 0) is 38.0 Å². The van der Waals surface area contributed by atoms with Gasteiger partial charge in [0, 0.05) is 36.0 Å². The van der Waals surface area contributed by atoms with Crippen LogP contribution in [-0.4, -0.2) is 39.3 Å². The van der Waals surface area contributed by atoms with Crippen molar-refractivity contribution in [3.05, 3.63) is 11.6 Å². The van der Waals surface area contributed by atoms with Crippen LogP contribution < -0.4 is 0 Å². The Morgan fingerprint density at radius 1 is 1.23 bits per heavy atom. The number of carbonyl (C=O) groups is 3. The molecule has 2 N–H and O–H groups in total. The molecule has 0 aromatic heterocycles. The number of aliphatic hydroxyl groups excluding tert-OH is 1. The molecular formula is C21H28O5. The van der Waals surface area contributed by atoms with Gasteiger partial charge in [0.2, 0.25) is 0 Å². The fourth-order valence-corrected chi connectivity index (χ4v) is 6.83. The molecule has 4 aliphatic carbocycles. The van der Waals surface area contributed by atoms with E-state index in [1.807, 2.05) is 13.0 Å². The van der Waals surface area contributed by atoms with Crippen LogP contribution in [-0.2, 0) is 14.4 Å². The lowest BCUT2D eigenvalue weighted by Crippen LogP contribution is -2.66. The molecule has 3 saturated carbocycles. The monoisotopic (exact) mass is 360 g/mol. The summed E-state index contributed by atoms with van der Waals surface area (Å²) in [5.74, 6) is -1.82. The first-order valence-electron chi connectivity index (χ1n) is 9.72. The number of ketones is 3. The third-order valence-electron chi connectivity index (χ3n) is 8.26. The van der Waals surface area contributed by atoms with Gasteiger partial charge in [0.05, 0.1) is 6.10 Å². The van der Waals surface area contributed by atoms with E-state index >= 15 is 0 Å². The highest BCUT2D eigenvalue weighted by Gasteiger charge is 2.73. The number of Topliss-reactive ketones (excluding diaryl/α,β-unsaturated/α-hetero) is 3. The maximum absolute atomic E-state index is 13.3. The number of hydrogen-bond acceptors (Lipinski definition) is 5. The molecule has 142 valence electrons. The van der Waals surface area contributed by atoms with Crippen molar-refractivity contribution in [3.63, 3.8) is 0 Å². The molecular weight excluding hydrogens is 332 g/mol. The molecule has 0 bridgehead atoms. The largest absolute Gasteiger partial charge is 0.393 e. The number of aliphatic hydroxyl groups is 2. The summed E-state index contributed by atoms with van der Waals surface area (Å²) < 4.78 is 0. The minimum absolute atomic E-state index is 0.0326. The molecule has 0 spiro atoms. The first kappa shape index (κ1) is 18.1. The van der Waals surface area contributed by atoms with E-state index in [0.717, 1.165) is 5.57 Å². The summed E-state index contributed by atoms with van der Waals surface area (Å²) in [6.45, 7) is 5.26. The molecule has 0 saturated heterocycles. The third kappa shape index (κ3) is 1.96. The van der Waals surface area contributed by atoms with E-state index in [1.54, 1.807) is 6.92 Å². The first-order valence-corrected chi connectivity index (χ1v) is 9.72. The predicted octanol–water partition coefficient (Wildman–Crippen LogP) is 1.99. The van der Waals surface area contributed by atoms with Crippen molar-refractivity contribution >= 4 is 17.3 Å². The van der Waals surface area contributed by atoms with Gasteiger partial charge in [-0.25, -0.2) is 0 Å². The van der Waals surface area contributed by atoms with Gasteiger partial charge < -0.3 is 10.2 Å². The molecule has 0 heterocycles. The van der Waals surface area contributed by atoms with Gasteiger partial charge in [-0.1, -0.05) is 25.5 Å². The van der Waals surface area contributed by atoms with Gasteiger partial charge >= 0.3 is 0 Å². The molecule has 0 amide bonds. The molecule has 0 aliphatic heterocycles. The molecule has 0 aromatic carbocycles. The van der Waals surface area contributed by atoms with Crippen molar-refractivity contribution in [1.29, 1.82) is 0 Å². The molecule has 4 aliphatic rings. The van der Waals surface area contributed by atoms with Crippen LogP contribution in [0, 0.1) is 28.6 Å². The van der Waals surface area contributed by atoms with Crippen LogP contribution >= 0.6 is 0 Å². The Bertz CT molecular complexity index is 739. The summed E-state index contributed by atoms with van der Waals surface area (Å²) in [4.78, 5) is 38.4. The van der Waals surface area contributed by atoms with Gasteiger partial charge in [0.1, 0.15) is 17.2 Å². The highest BCUT2D eigenvalue weighted by Crippen LogP contribution is 2.65. The zero-order valence-corrected chi connectivity index (χ0v) is 15.7. The summed E-state index contributed by atoms with van der Waals surface area (Å²) in [7, 11) is 0. The predicted molar refractivity (Wildman–Crippen MR) is 94.1 cm³/mol. The average Bonchev–Trinajstić information content (AvgIpc) is 2.76. The van der Waals surface area contributed by atoms with Gasteiger partial charge in [-0.2, -0.15) is 0 Å². The second-order valence-electron chi connectivity index (χ2n) is 9.48. The van der Waals surface area contributed by atoms with Gasteiger partial charge in [0.25, 0.3) is 0 Å². The van der Waals surface area contributed by atoms with Crippen LogP contribution in [0.2, 0.25) is 0 Å². The summed E-state index contributed by atoms with van der Waals surface area (Å²) in [5.41, 5.74) is -1.95. The minimum atomic E-state index is -1.62. The van der Waals surface area contributed by atoms with Crippen molar-refractivity contribution in [2.45, 2.75) is 71.0 Å². The lowest BCUT2D eigenvalue weighted by Gasteiger charge is -2.59. The zero-order valence-electron chi connectivity index (χ0n) is 15.7. The topological polar surface area (TPSA) is 91.7 Å². The third-order valence-corrected chi connectivity index (χ3v) is 8.26. The normalized spacial score (nSPS) is 50.6. The molecule has 4 rings (SSSR count). The SMILES string of the molecule is CC(=O)[C@H]1CC(=O)[C@]2(O)[C@@H]3CC=C4C[C@@H](O)CC[C@]4(C)[C@@H]3C(=O)C[C@]12C. The van der Waals surface area contributed by atoms with Crippen LogP contribution in [0.3, 0.4) is 0 Å². The fourth-order valence-electron chi connectivity index (χ4n) is 6.83. The van der Waals surface area contributed by atoms with E-state index in [0.29, 0.717) is 25.7 Å².